The summed E-state index contributed by atoms with van der Waals surface area (Å²) in [6, 6.07) is 17.0. The first-order chi connectivity index (χ1) is 10.6. The third kappa shape index (κ3) is 2.71. The van der Waals surface area contributed by atoms with Crippen molar-refractivity contribution >= 4 is 17.3 Å². The van der Waals surface area contributed by atoms with Crippen molar-refractivity contribution in [3.8, 4) is 0 Å². The minimum atomic E-state index is 0.106. The fraction of sp³-hybridized carbons (Fsp3) is 0.316. The molecule has 1 aliphatic heterocycles. The Hall–Kier alpha value is -2.29. The first kappa shape index (κ1) is 14.6. The molecular formula is C19H22N2O. The van der Waals surface area contributed by atoms with Crippen molar-refractivity contribution in [3.63, 3.8) is 0 Å². The number of aryl methyl sites for hydroxylation is 1. The molecule has 0 saturated carbocycles. The van der Waals surface area contributed by atoms with Gasteiger partial charge in [0.25, 0.3) is 0 Å². The number of carbonyl (C=O) groups is 1. The van der Waals surface area contributed by atoms with E-state index in [1.54, 1.807) is 6.92 Å². The third-order valence-corrected chi connectivity index (χ3v) is 4.24. The second-order valence-electron chi connectivity index (χ2n) is 6.09. The van der Waals surface area contributed by atoms with Gasteiger partial charge in [0.1, 0.15) is 0 Å². The summed E-state index contributed by atoms with van der Waals surface area (Å²) in [6.07, 6.45) is 0. The van der Waals surface area contributed by atoms with Crippen LogP contribution in [0.1, 0.15) is 25.0 Å². The molecule has 0 unspecified atom stereocenters. The molecule has 1 heterocycles. The highest BCUT2D eigenvalue weighted by Crippen LogP contribution is 2.36. The van der Waals surface area contributed by atoms with Crippen molar-refractivity contribution in [2.75, 3.05) is 16.3 Å². The molecule has 22 heavy (non-hydrogen) atoms. The van der Waals surface area contributed by atoms with E-state index in [1.807, 2.05) is 23.1 Å². The molecular weight excluding hydrogens is 272 g/mol. The summed E-state index contributed by atoms with van der Waals surface area (Å²) < 4.78 is 0. The number of rotatable bonds is 2. The van der Waals surface area contributed by atoms with Crippen LogP contribution in [0.15, 0.2) is 48.5 Å². The first-order valence-electron chi connectivity index (χ1n) is 7.75. The predicted octanol–water partition coefficient (Wildman–Crippen LogP) is 3.76. The van der Waals surface area contributed by atoms with E-state index in [9.17, 15) is 4.79 Å². The second kappa shape index (κ2) is 5.84. The summed E-state index contributed by atoms with van der Waals surface area (Å²) in [4.78, 5) is 16.3. The maximum absolute atomic E-state index is 12.0. The Morgan fingerprint density at radius 1 is 1.09 bits per heavy atom. The lowest BCUT2D eigenvalue weighted by molar-refractivity contribution is -0.117. The lowest BCUT2D eigenvalue weighted by Crippen LogP contribution is -2.49. The molecule has 3 rings (SSSR count). The number of hydrogen-bond acceptors (Lipinski definition) is 2. The summed E-state index contributed by atoms with van der Waals surface area (Å²) in [5.41, 5.74) is 4.72. The van der Waals surface area contributed by atoms with Crippen LogP contribution in [-0.2, 0) is 11.3 Å². The molecule has 2 aromatic carbocycles. The van der Waals surface area contributed by atoms with Gasteiger partial charge in [-0.3, -0.25) is 4.79 Å². The lowest BCUT2D eigenvalue weighted by Gasteiger charge is -2.41. The second-order valence-corrected chi connectivity index (χ2v) is 6.09. The highest BCUT2D eigenvalue weighted by Gasteiger charge is 2.30. The van der Waals surface area contributed by atoms with Gasteiger partial charge in [-0.2, -0.15) is 0 Å². The minimum Gasteiger partial charge on any atom is -0.363 e. The molecule has 0 spiro atoms. The standard InChI is InChI=1S/C19H22N2O/c1-14-8-10-17(11-9-14)13-20-12-15(2)21(16(3)22)19-7-5-4-6-18(19)20/h4-11,15H,12-13H2,1-3H3/t15-/m0/s1. The highest BCUT2D eigenvalue weighted by atomic mass is 16.2. The van der Waals surface area contributed by atoms with Crippen LogP contribution in [0.5, 0.6) is 0 Å². The van der Waals surface area contributed by atoms with Gasteiger partial charge in [-0.05, 0) is 31.5 Å². The van der Waals surface area contributed by atoms with E-state index in [2.05, 4.69) is 49.1 Å². The third-order valence-electron chi connectivity index (χ3n) is 4.24. The maximum atomic E-state index is 12.0. The van der Waals surface area contributed by atoms with Crippen molar-refractivity contribution < 1.29 is 4.79 Å². The zero-order valence-electron chi connectivity index (χ0n) is 13.4. The van der Waals surface area contributed by atoms with E-state index in [4.69, 9.17) is 0 Å². The molecule has 1 aliphatic rings. The van der Waals surface area contributed by atoms with Gasteiger partial charge in [0.2, 0.25) is 5.91 Å². The van der Waals surface area contributed by atoms with Crippen LogP contribution in [0.3, 0.4) is 0 Å². The van der Waals surface area contributed by atoms with Crippen LogP contribution in [0.25, 0.3) is 0 Å². The van der Waals surface area contributed by atoms with Gasteiger partial charge >= 0.3 is 0 Å². The Labute approximate surface area is 132 Å². The number of benzene rings is 2. The van der Waals surface area contributed by atoms with Gasteiger partial charge in [0, 0.05) is 20.0 Å². The number of para-hydroxylation sites is 2. The molecule has 0 radical (unpaired) electrons. The minimum absolute atomic E-state index is 0.106. The van der Waals surface area contributed by atoms with E-state index in [1.165, 1.54) is 11.1 Å². The molecule has 1 amide bonds. The topological polar surface area (TPSA) is 23.6 Å². The van der Waals surface area contributed by atoms with Crippen LogP contribution in [-0.4, -0.2) is 18.5 Å². The fourth-order valence-electron chi connectivity index (χ4n) is 3.22. The van der Waals surface area contributed by atoms with Gasteiger partial charge in [-0.15, -0.1) is 0 Å². The summed E-state index contributed by atoms with van der Waals surface area (Å²) in [7, 11) is 0. The molecule has 0 saturated heterocycles. The van der Waals surface area contributed by atoms with Crippen LogP contribution >= 0.6 is 0 Å². The number of fused-ring (bicyclic) bond motifs is 1. The Bertz CT molecular complexity index is 678. The number of carbonyl (C=O) groups excluding carboxylic acids is 1. The normalized spacial score (nSPS) is 17.3. The van der Waals surface area contributed by atoms with Crippen LogP contribution < -0.4 is 9.80 Å². The molecule has 0 fully saturated rings. The molecule has 0 N–H and O–H groups in total. The first-order valence-corrected chi connectivity index (χ1v) is 7.75. The largest absolute Gasteiger partial charge is 0.363 e. The number of amides is 1. The zero-order valence-corrected chi connectivity index (χ0v) is 13.4. The maximum Gasteiger partial charge on any atom is 0.224 e. The van der Waals surface area contributed by atoms with Gasteiger partial charge < -0.3 is 9.80 Å². The molecule has 1 atom stereocenters. The average molecular weight is 294 g/mol. The Morgan fingerprint density at radius 3 is 2.36 bits per heavy atom. The van der Waals surface area contributed by atoms with Crippen molar-refractivity contribution in [1.29, 1.82) is 0 Å². The van der Waals surface area contributed by atoms with Crippen LogP contribution in [0, 0.1) is 6.92 Å². The molecule has 0 aromatic heterocycles. The quantitative estimate of drug-likeness (QED) is 0.842. The van der Waals surface area contributed by atoms with E-state index < -0.39 is 0 Å². The predicted molar refractivity (Wildman–Crippen MR) is 91.3 cm³/mol. The van der Waals surface area contributed by atoms with Crippen molar-refractivity contribution in [2.24, 2.45) is 0 Å². The monoisotopic (exact) mass is 294 g/mol. The van der Waals surface area contributed by atoms with Crippen molar-refractivity contribution in [2.45, 2.75) is 33.4 Å². The summed E-state index contributed by atoms with van der Waals surface area (Å²) in [5, 5.41) is 0. The van der Waals surface area contributed by atoms with E-state index in [-0.39, 0.29) is 11.9 Å². The summed E-state index contributed by atoms with van der Waals surface area (Å²) in [5.74, 6) is 0.106. The van der Waals surface area contributed by atoms with Gasteiger partial charge in [0.05, 0.1) is 17.4 Å². The molecule has 0 aliphatic carbocycles. The Balaban J connectivity index is 1.94. The van der Waals surface area contributed by atoms with Crippen LogP contribution in [0.2, 0.25) is 0 Å². The SMILES string of the molecule is CC(=O)N1c2ccccc2N(Cc2ccc(C)cc2)C[C@@H]1C. The van der Waals surface area contributed by atoms with Crippen LogP contribution in [0.4, 0.5) is 11.4 Å². The summed E-state index contributed by atoms with van der Waals surface area (Å²) in [6.45, 7) is 7.58. The average Bonchev–Trinajstić information content (AvgIpc) is 2.49. The van der Waals surface area contributed by atoms with Gasteiger partial charge in [0.15, 0.2) is 0 Å². The number of nitrogens with zero attached hydrogens (tertiary/aromatic N) is 2. The highest BCUT2D eigenvalue weighted by molar-refractivity contribution is 5.97. The van der Waals surface area contributed by atoms with E-state index in [0.717, 1.165) is 24.5 Å². The van der Waals surface area contributed by atoms with Crippen molar-refractivity contribution in [3.05, 3.63) is 59.7 Å². The van der Waals surface area contributed by atoms with E-state index in [0.29, 0.717) is 0 Å². The number of anilines is 2. The summed E-state index contributed by atoms with van der Waals surface area (Å²) >= 11 is 0. The van der Waals surface area contributed by atoms with Crippen molar-refractivity contribution in [1.82, 2.24) is 0 Å². The molecule has 0 bridgehead atoms. The Kier molecular flexibility index (Phi) is 3.88. The molecule has 3 nitrogen and oxygen atoms in total. The lowest BCUT2D eigenvalue weighted by atomic mass is 10.1. The van der Waals surface area contributed by atoms with Gasteiger partial charge in [-0.25, -0.2) is 0 Å². The number of hydrogen-bond donors (Lipinski definition) is 0. The smallest absolute Gasteiger partial charge is 0.224 e. The molecule has 114 valence electrons. The Morgan fingerprint density at radius 2 is 1.73 bits per heavy atom. The molecule has 3 heteroatoms. The fourth-order valence-corrected chi connectivity index (χ4v) is 3.22. The molecule has 2 aromatic rings. The van der Waals surface area contributed by atoms with E-state index >= 15 is 0 Å². The zero-order chi connectivity index (χ0) is 15.7. The van der Waals surface area contributed by atoms with Gasteiger partial charge in [-0.1, -0.05) is 42.0 Å².